The summed E-state index contributed by atoms with van der Waals surface area (Å²) in [5, 5.41) is 2.52. The molecule has 1 N–H and O–H groups in total. The summed E-state index contributed by atoms with van der Waals surface area (Å²) in [5.41, 5.74) is 1.12. The van der Waals surface area contributed by atoms with Gasteiger partial charge < -0.3 is 5.32 Å². The molecule has 1 unspecified atom stereocenters. The van der Waals surface area contributed by atoms with E-state index in [1.807, 2.05) is 30.3 Å². The van der Waals surface area contributed by atoms with Gasteiger partial charge in [0.1, 0.15) is 0 Å². The van der Waals surface area contributed by atoms with E-state index >= 15 is 0 Å². The summed E-state index contributed by atoms with van der Waals surface area (Å²) in [5.74, 6) is 5.66. The minimum absolute atomic E-state index is 0.0323. The Bertz CT molecular complexity index is 405. The van der Waals surface area contributed by atoms with E-state index in [-0.39, 0.29) is 11.2 Å². The minimum Gasteiger partial charge on any atom is -0.354 e. The molecule has 0 radical (unpaired) electrons. The molecular weight excluding hydrogens is 230 g/mol. The van der Waals surface area contributed by atoms with Crippen LogP contribution in [0.5, 0.6) is 0 Å². The lowest BCUT2D eigenvalue weighted by molar-refractivity contribution is -0.120. The SMILES string of the molecule is CC#CCCNC(=O)C(S)Cc1ccccc1. The summed E-state index contributed by atoms with van der Waals surface area (Å²) >= 11 is 4.31. The molecular formula is C14H17NOS. The molecule has 1 aromatic carbocycles. The van der Waals surface area contributed by atoms with Crippen LogP contribution in [0, 0.1) is 11.8 Å². The van der Waals surface area contributed by atoms with E-state index in [1.165, 1.54) is 0 Å². The van der Waals surface area contributed by atoms with Crippen molar-refractivity contribution >= 4 is 18.5 Å². The molecule has 0 heterocycles. The normalized spacial score (nSPS) is 11.2. The number of nitrogens with one attached hydrogen (secondary N) is 1. The second-order valence-corrected chi connectivity index (χ2v) is 4.30. The fourth-order valence-electron chi connectivity index (χ4n) is 1.42. The molecule has 0 saturated carbocycles. The number of amides is 1. The Morgan fingerprint density at radius 3 is 2.76 bits per heavy atom. The van der Waals surface area contributed by atoms with Crippen LogP contribution < -0.4 is 5.32 Å². The van der Waals surface area contributed by atoms with E-state index in [9.17, 15) is 4.79 Å². The smallest absolute Gasteiger partial charge is 0.233 e. The van der Waals surface area contributed by atoms with E-state index in [0.29, 0.717) is 19.4 Å². The quantitative estimate of drug-likeness (QED) is 0.465. The van der Waals surface area contributed by atoms with Gasteiger partial charge in [-0.25, -0.2) is 0 Å². The van der Waals surface area contributed by atoms with Crippen LogP contribution >= 0.6 is 12.6 Å². The van der Waals surface area contributed by atoms with Crippen molar-refractivity contribution < 1.29 is 4.79 Å². The highest BCUT2D eigenvalue weighted by Crippen LogP contribution is 2.07. The van der Waals surface area contributed by atoms with Crippen LogP contribution in [0.15, 0.2) is 30.3 Å². The van der Waals surface area contributed by atoms with Gasteiger partial charge in [-0.05, 0) is 18.9 Å². The molecule has 90 valence electrons. The first-order valence-electron chi connectivity index (χ1n) is 5.63. The zero-order valence-corrected chi connectivity index (χ0v) is 10.8. The van der Waals surface area contributed by atoms with Gasteiger partial charge in [0.2, 0.25) is 5.91 Å². The lowest BCUT2D eigenvalue weighted by atomic mass is 10.1. The third-order valence-corrected chi connectivity index (χ3v) is 2.72. The average Bonchev–Trinajstić information content (AvgIpc) is 2.35. The fraction of sp³-hybridized carbons (Fsp3) is 0.357. The molecule has 1 rings (SSSR count). The van der Waals surface area contributed by atoms with Crippen LogP contribution in [0.2, 0.25) is 0 Å². The summed E-state index contributed by atoms with van der Waals surface area (Å²) in [6, 6.07) is 9.88. The molecule has 0 spiro atoms. The predicted octanol–water partition coefficient (Wildman–Crippen LogP) is 2.06. The summed E-state index contributed by atoms with van der Waals surface area (Å²) < 4.78 is 0. The molecule has 3 heteroatoms. The molecule has 1 amide bonds. The molecule has 17 heavy (non-hydrogen) atoms. The summed E-state index contributed by atoms with van der Waals surface area (Å²) in [4.78, 5) is 11.7. The van der Waals surface area contributed by atoms with Crippen molar-refractivity contribution in [3.63, 3.8) is 0 Å². The highest BCUT2D eigenvalue weighted by atomic mass is 32.1. The molecule has 0 aliphatic carbocycles. The highest BCUT2D eigenvalue weighted by Gasteiger charge is 2.13. The zero-order valence-electron chi connectivity index (χ0n) is 9.94. The molecule has 0 aromatic heterocycles. The summed E-state index contributed by atoms with van der Waals surface area (Å²) in [6.45, 7) is 2.38. The maximum Gasteiger partial charge on any atom is 0.233 e. The van der Waals surface area contributed by atoms with Crippen LogP contribution in [-0.2, 0) is 11.2 Å². The number of carbonyl (C=O) groups excluding carboxylic acids is 1. The Balaban J connectivity index is 2.33. The van der Waals surface area contributed by atoms with Gasteiger partial charge in [-0.1, -0.05) is 30.3 Å². The first kappa shape index (κ1) is 13.7. The second-order valence-electron chi connectivity index (χ2n) is 3.67. The monoisotopic (exact) mass is 247 g/mol. The number of rotatable bonds is 5. The highest BCUT2D eigenvalue weighted by molar-refractivity contribution is 7.81. The molecule has 0 aliphatic heterocycles. The van der Waals surface area contributed by atoms with Gasteiger partial charge in [-0.3, -0.25) is 4.79 Å². The Morgan fingerprint density at radius 1 is 1.41 bits per heavy atom. The molecule has 1 atom stereocenters. The van der Waals surface area contributed by atoms with Gasteiger partial charge >= 0.3 is 0 Å². The molecule has 2 nitrogen and oxygen atoms in total. The van der Waals surface area contributed by atoms with Gasteiger partial charge in [0.25, 0.3) is 0 Å². The van der Waals surface area contributed by atoms with Crippen molar-refractivity contribution in [2.75, 3.05) is 6.54 Å². The van der Waals surface area contributed by atoms with Gasteiger partial charge in [-0.15, -0.1) is 11.8 Å². The van der Waals surface area contributed by atoms with Gasteiger partial charge in [-0.2, -0.15) is 12.6 Å². The van der Waals surface area contributed by atoms with Crippen molar-refractivity contribution in [1.82, 2.24) is 5.32 Å². The Hall–Kier alpha value is -1.40. The topological polar surface area (TPSA) is 29.1 Å². The standard InChI is InChI=1S/C14H17NOS/c1-2-3-7-10-15-14(16)13(17)11-12-8-5-4-6-9-12/h4-6,8-9,13,17H,7,10-11H2,1H3,(H,15,16). The third kappa shape index (κ3) is 5.46. The van der Waals surface area contributed by atoms with Crippen LogP contribution in [0.1, 0.15) is 18.9 Å². The molecule has 1 aromatic rings. The molecule has 0 bridgehead atoms. The third-order valence-electron chi connectivity index (χ3n) is 2.30. The zero-order chi connectivity index (χ0) is 12.5. The summed E-state index contributed by atoms with van der Waals surface area (Å²) in [6.07, 6.45) is 1.34. The Kier molecular flexibility index (Phi) is 6.27. The van der Waals surface area contributed by atoms with Crippen molar-refractivity contribution in [2.24, 2.45) is 0 Å². The lowest BCUT2D eigenvalue weighted by Gasteiger charge is -2.10. The number of hydrogen-bond donors (Lipinski definition) is 2. The van der Waals surface area contributed by atoms with Crippen LogP contribution in [0.3, 0.4) is 0 Å². The number of thiol groups is 1. The van der Waals surface area contributed by atoms with E-state index < -0.39 is 0 Å². The molecule has 0 aliphatic rings. The maximum atomic E-state index is 11.7. The van der Waals surface area contributed by atoms with E-state index in [4.69, 9.17) is 0 Å². The molecule has 0 saturated heterocycles. The number of benzene rings is 1. The van der Waals surface area contributed by atoms with Crippen molar-refractivity contribution in [1.29, 1.82) is 0 Å². The number of hydrogen-bond acceptors (Lipinski definition) is 2. The first-order chi connectivity index (χ1) is 8.24. The minimum atomic E-state index is -0.299. The second kappa shape index (κ2) is 7.81. The largest absolute Gasteiger partial charge is 0.354 e. The van der Waals surface area contributed by atoms with Crippen molar-refractivity contribution in [2.45, 2.75) is 25.0 Å². The fourth-order valence-corrected chi connectivity index (χ4v) is 1.72. The van der Waals surface area contributed by atoms with Crippen LogP contribution in [0.4, 0.5) is 0 Å². The first-order valence-corrected chi connectivity index (χ1v) is 6.15. The average molecular weight is 247 g/mol. The van der Waals surface area contributed by atoms with Crippen molar-refractivity contribution in [3.8, 4) is 11.8 Å². The van der Waals surface area contributed by atoms with Gasteiger partial charge in [0.15, 0.2) is 0 Å². The summed E-state index contributed by atoms with van der Waals surface area (Å²) in [7, 11) is 0. The Morgan fingerprint density at radius 2 is 2.12 bits per heavy atom. The van der Waals surface area contributed by atoms with E-state index in [1.54, 1.807) is 6.92 Å². The van der Waals surface area contributed by atoms with Crippen molar-refractivity contribution in [3.05, 3.63) is 35.9 Å². The number of carbonyl (C=O) groups is 1. The molecule has 0 fully saturated rings. The lowest BCUT2D eigenvalue weighted by Crippen LogP contribution is -2.33. The van der Waals surface area contributed by atoms with Crippen LogP contribution in [-0.4, -0.2) is 17.7 Å². The maximum absolute atomic E-state index is 11.7. The predicted molar refractivity (Wildman–Crippen MR) is 74.0 cm³/mol. The van der Waals surface area contributed by atoms with E-state index in [0.717, 1.165) is 5.56 Å². The van der Waals surface area contributed by atoms with E-state index in [2.05, 4.69) is 29.8 Å². The van der Waals surface area contributed by atoms with Gasteiger partial charge in [0, 0.05) is 13.0 Å². The Labute approximate surface area is 108 Å². The van der Waals surface area contributed by atoms with Crippen LogP contribution in [0.25, 0.3) is 0 Å². The van der Waals surface area contributed by atoms with Gasteiger partial charge in [0.05, 0.1) is 5.25 Å².